The first-order valence-corrected chi connectivity index (χ1v) is 7.74. The lowest BCUT2D eigenvalue weighted by molar-refractivity contribution is -0.102. The van der Waals surface area contributed by atoms with Gasteiger partial charge in [-0.05, 0) is 38.0 Å². The molecule has 102 valence electrons. The quantitative estimate of drug-likeness (QED) is 0.595. The van der Waals surface area contributed by atoms with E-state index in [1.54, 1.807) is 0 Å². The van der Waals surface area contributed by atoms with Crippen molar-refractivity contribution in [2.24, 2.45) is 11.8 Å². The fourth-order valence-electron chi connectivity index (χ4n) is 3.69. The van der Waals surface area contributed by atoms with Crippen LogP contribution >= 0.6 is 0 Å². The van der Waals surface area contributed by atoms with Gasteiger partial charge in [-0.3, -0.25) is 0 Å². The molecule has 0 aromatic heterocycles. The molecule has 1 aliphatic rings. The lowest BCUT2D eigenvalue weighted by Crippen LogP contribution is -2.45. The summed E-state index contributed by atoms with van der Waals surface area (Å²) in [5.74, 6) is 1.54. The Bertz CT molecular complexity index is 196. The first-order valence-electron chi connectivity index (χ1n) is 7.74. The number of hydrogen-bond acceptors (Lipinski definition) is 1. The Morgan fingerprint density at radius 2 is 1.82 bits per heavy atom. The molecule has 0 bridgehead atoms. The third kappa shape index (κ3) is 3.71. The molecule has 17 heavy (non-hydrogen) atoms. The minimum absolute atomic E-state index is 0.129. The summed E-state index contributed by atoms with van der Waals surface area (Å²) in [4.78, 5) is 0. The van der Waals surface area contributed by atoms with E-state index < -0.39 is 0 Å². The minimum Gasteiger partial charge on any atom is -0.378 e. The summed E-state index contributed by atoms with van der Waals surface area (Å²) in [7, 11) is 1.93. The van der Waals surface area contributed by atoms with E-state index in [1.807, 2.05) is 7.11 Å². The maximum Gasteiger partial charge on any atom is 0.0706 e. The molecule has 2 atom stereocenters. The van der Waals surface area contributed by atoms with Gasteiger partial charge in [0.25, 0.3) is 0 Å². The molecule has 0 amide bonds. The van der Waals surface area contributed by atoms with Crippen LogP contribution in [0.15, 0.2) is 0 Å². The van der Waals surface area contributed by atoms with E-state index >= 15 is 0 Å². The lowest BCUT2D eigenvalue weighted by atomic mass is 9.69. The van der Waals surface area contributed by atoms with Gasteiger partial charge in [-0.25, -0.2) is 0 Å². The van der Waals surface area contributed by atoms with E-state index in [4.69, 9.17) is 4.74 Å². The van der Waals surface area contributed by atoms with Crippen LogP contribution in [0.1, 0.15) is 78.6 Å². The second-order valence-electron chi connectivity index (χ2n) is 5.97. The molecular weight excluding hydrogens is 208 g/mol. The summed E-state index contributed by atoms with van der Waals surface area (Å²) in [6, 6.07) is 0. The molecule has 0 saturated heterocycles. The Kier molecular flexibility index (Phi) is 6.54. The minimum atomic E-state index is 0.129. The Morgan fingerprint density at radius 3 is 2.29 bits per heavy atom. The molecule has 0 aromatic rings. The summed E-state index contributed by atoms with van der Waals surface area (Å²) in [5.41, 5.74) is 0.129. The highest BCUT2D eigenvalue weighted by atomic mass is 16.5. The molecule has 0 N–H and O–H groups in total. The van der Waals surface area contributed by atoms with Crippen LogP contribution in [0, 0.1) is 11.8 Å². The molecule has 0 aliphatic heterocycles. The van der Waals surface area contributed by atoms with Crippen molar-refractivity contribution in [2.45, 2.75) is 84.2 Å². The second kappa shape index (κ2) is 7.41. The van der Waals surface area contributed by atoms with E-state index in [1.165, 1.54) is 57.8 Å². The van der Waals surface area contributed by atoms with Crippen LogP contribution in [0.2, 0.25) is 0 Å². The molecular formula is C16H32O. The van der Waals surface area contributed by atoms with E-state index in [0.29, 0.717) is 0 Å². The summed E-state index contributed by atoms with van der Waals surface area (Å²) in [6.45, 7) is 7.00. The zero-order valence-electron chi connectivity index (χ0n) is 12.4. The van der Waals surface area contributed by atoms with Crippen molar-refractivity contribution in [2.75, 3.05) is 7.11 Å². The average Bonchev–Trinajstić information content (AvgIpc) is 2.40. The molecule has 1 rings (SSSR count). The topological polar surface area (TPSA) is 9.23 Å². The Morgan fingerprint density at radius 1 is 1.18 bits per heavy atom. The molecule has 0 heterocycles. The molecule has 0 aromatic carbocycles. The van der Waals surface area contributed by atoms with E-state index in [2.05, 4.69) is 20.8 Å². The number of unbranched alkanes of at least 4 members (excludes halogenated alkanes) is 1. The molecule has 2 unspecified atom stereocenters. The summed E-state index contributed by atoms with van der Waals surface area (Å²) in [6.07, 6.45) is 12.3. The van der Waals surface area contributed by atoms with Gasteiger partial charge in [-0.2, -0.15) is 0 Å². The van der Waals surface area contributed by atoms with Crippen LogP contribution in [-0.4, -0.2) is 12.7 Å². The van der Waals surface area contributed by atoms with Crippen LogP contribution in [0.3, 0.4) is 0 Å². The average molecular weight is 240 g/mol. The SMILES string of the molecule is CCCCC(CC)C(C)(OC)C1CCCCC1. The maximum atomic E-state index is 6.03. The van der Waals surface area contributed by atoms with Crippen LogP contribution < -0.4 is 0 Å². The monoisotopic (exact) mass is 240 g/mol. The van der Waals surface area contributed by atoms with Crippen LogP contribution in [-0.2, 0) is 4.74 Å². The van der Waals surface area contributed by atoms with Gasteiger partial charge < -0.3 is 4.74 Å². The standard InChI is InChI=1S/C16H32O/c1-5-7-11-14(6-2)16(3,17-4)15-12-9-8-10-13-15/h14-15H,5-13H2,1-4H3. The van der Waals surface area contributed by atoms with Gasteiger partial charge in [0.2, 0.25) is 0 Å². The zero-order valence-corrected chi connectivity index (χ0v) is 12.4. The van der Waals surface area contributed by atoms with Crippen LogP contribution in [0.4, 0.5) is 0 Å². The molecule has 0 radical (unpaired) electrons. The number of hydrogen-bond donors (Lipinski definition) is 0. The van der Waals surface area contributed by atoms with Crippen molar-refractivity contribution in [3.05, 3.63) is 0 Å². The first kappa shape index (κ1) is 15.0. The Hall–Kier alpha value is -0.0400. The third-order valence-electron chi connectivity index (χ3n) is 5.07. The van der Waals surface area contributed by atoms with Crippen molar-refractivity contribution in [3.63, 3.8) is 0 Å². The van der Waals surface area contributed by atoms with Gasteiger partial charge in [-0.1, -0.05) is 52.4 Å². The second-order valence-corrected chi connectivity index (χ2v) is 5.97. The largest absolute Gasteiger partial charge is 0.378 e. The van der Waals surface area contributed by atoms with Crippen molar-refractivity contribution >= 4 is 0 Å². The highest BCUT2D eigenvalue weighted by Gasteiger charge is 2.40. The highest BCUT2D eigenvalue weighted by molar-refractivity contribution is 4.91. The molecule has 1 fully saturated rings. The molecule has 1 aliphatic carbocycles. The van der Waals surface area contributed by atoms with Crippen LogP contribution in [0.5, 0.6) is 0 Å². The Labute approximate surface area is 108 Å². The van der Waals surface area contributed by atoms with Gasteiger partial charge in [0, 0.05) is 7.11 Å². The van der Waals surface area contributed by atoms with E-state index in [9.17, 15) is 0 Å². The first-order chi connectivity index (χ1) is 8.19. The lowest BCUT2D eigenvalue weighted by Gasteiger charge is -2.44. The van der Waals surface area contributed by atoms with Gasteiger partial charge in [0.1, 0.15) is 0 Å². The maximum absolute atomic E-state index is 6.03. The third-order valence-corrected chi connectivity index (χ3v) is 5.07. The fraction of sp³-hybridized carbons (Fsp3) is 1.00. The molecule has 1 heteroatoms. The number of rotatable bonds is 7. The predicted molar refractivity (Wildman–Crippen MR) is 75.3 cm³/mol. The fourth-order valence-corrected chi connectivity index (χ4v) is 3.69. The smallest absolute Gasteiger partial charge is 0.0706 e. The molecule has 0 spiro atoms. The highest BCUT2D eigenvalue weighted by Crippen LogP contribution is 2.42. The summed E-state index contributed by atoms with van der Waals surface area (Å²) < 4.78 is 6.03. The zero-order chi connectivity index (χ0) is 12.7. The molecule has 1 saturated carbocycles. The van der Waals surface area contributed by atoms with Crippen molar-refractivity contribution in [1.29, 1.82) is 0 Å². The van der Waals surface area contributed by atoms with Crippen molar-refractivity contribution in [1.82, 2.24) is 0 Å². The summed E-state index contributed by atoms with van der Waals surface area (Å²) >= 11 is 0. The van der Waals surface area contributed by atoms with E-state index in [-0.39, 0.29) is 5.60 Å². The van der Waals surface area contributed by atoms with Gasteiger partial charge in [0.05, 0.1) is 5.60 Å². The number of ether oxygens (including phenoxy) is 1. The van der Waals surface area contributed by atoms with Crippen LogP contribution in [0.25, 0.3) is 0 Å². The predicted octanol–water partition coefficient (Wildman–Crippen LogP) is 5.19. The van der Waals surface area contributed by atoms with Crippen molar-refractivity contribution in [3.8, 4) is 0 Å². The van der Waals surface area contributed by atoms with Gasteiger partial charge in [0.15, 0.2) is 0 Å². The van der Waals surface area contributed by atoms with Crippen molar-refractivity contribution < 1.29 is 4.74 Å². The van der Waals surface area contributed by atoms with Gasteiger partial charge >= 0.3 is 0 Å². The van der Waals surface area contributed by atoms with E-state index in [0.717, 1.165) is 11.8 Å². The Balaban J connectivity index is 2.68. The number of methoxy groups -OCH3 is 1. The summed E-state index contributed by atoms with van der Waals surface area (Å²) in [5, 5.41) is 0. The normalized spacial score (nSPS) is 23.3. The van der Waals surface area contributed by atoms with Gasteiger partial charge in [-0.15, -0.1) is 0 Å². The molecule has 1 nitrogen and oxygen atoms in total.